The van der Waals surface area contributed by atoms with Crippen molar-refractivity contribution in [2.24, 2.45) is 0 Å². The molecule has 7 heteroatoms. The number of benzene rings is 1. The van der Waals surface area contributed by atoms with Crippen LogP contribution in [-0.4, -0.2) is 33.3 Å². The van der Waals surface area contributed by atoms with E-state index in [9.17, 15) is 9.59 Å². The number of nitrogens with one attached hydrogen (secondary N) is 1. The van der Waals surface area contributed by atoms with Gasteiger partial charge in [0.05, 0.1) is 19.3 Å². The number of carbonyl (C=O) groups is 2. The number of imide groups is 1. The molecule has 27 heavy (non-hydrogen) atoms. The van der Waals surface area contributed by atoms with Crippen molar-refractivity contribution in [1.29, 1.82) is 0 Å². The zero-order valence-electron chi connectivity index (χ0n) is 15.4. The highest BCUT2D eigenvalue weighted by Crippen LogP contribution is 2.30. The predicted molar refractivity (Wildman–Crippen MR) is 99.4 cm³/mol. The van der Waals surface area contributed by atoms with Crippen molar-refractivity contribution in [3.63, 3.8) is 0 Å². The van der Waals surface area contributed by atoms with E-state index in [0.717, 1.165) is 11.2 Å². The molecule has 1 aliphatic rings. The molecule has 1 aliphatic heterocycles. The lowest BCUT2D eigenvalue weighted by molar-refractivity contribution is -0.131. The largest absolute Gasteiger partial charge is 0.497 e. The number of hydrogen-bond acceptors (Lipinski definition) is 4. The Kier molecular flexibility index (Phi) is 3.87. The highest BCUT2D eigenvalue weighted by Gasteiger charge is 2.49. The molecule has 0 bridgehead atoms. The van der Waals surface area contributed by atoms with Gasteiger partial charge in [-0.25, -0.2) is 9.78 Å². The molecule has 138 valence electrons. The third-order valence-electron chi connectivity index (χ3n) is 4.91. The smallest absolute Gasteiger partial charge is 0.325 e. The molecule has 0 spiro atoms. The molecule has 0 radical (unpaired) electrons. The van der Waals surface area contributed by atoms with E-state index < -0.39 is 11.6 Å². The van der Waals surface area contributed by atoms with E-state index in [1.54, 1.807) is 38.3 Å². The minimum Gasteiger partial charge on any atom is -0.497 e. The molecule has 3 heterocycles. The fourth-order valence-electron chi connectivity index (χ4n) is 3.35. The first-order chi connectivity index (χ1) is 12.9. The van der Waals surface area contributed by atoms with Crippen LogP contribution in [0.1, 0.15) is 23.7 Å². The zero-order chi connectivity index (χ0) is 19.2. The van der Waals surface area contributed by atoms with Gasteiger partial charge in [-0.1, -0.05) is 18.2 Å². The van der Waals surface area contributed by atoms with Crippen LogP contribution in [0.4, 0.5) is 4.79 Å². The molecule has 1 unspecified atom stereocenters. The van der Waals surface area contributed by atoms with Gasteiger partial charge in [-0.05, 0) is 43.2 Å². The van der Waals surface area contributed by atoms with Gasteiger partial charge in [0.2, 0.25) is 0 Å². The number of aryl methyl sites for hydroxylation is 1. The molecule has 1 saturated heterocycles. The van der Waals surface area contributed by atoms with Gasteiger partial charge in [0.1, 0.15) is 16.9 Å². The molecular weight excluding hydrogens is 344 g/mol. The monoisotopic (exact) mass is 364 g/mol. The van der Waals surface area contributed by atoms with Gasteiger partial charge in [-0.15, -0.1) is 0 Å². The first-order valence-corrected chi connectivity index (χ1v) is 8.63. The molecule has 0 aliphatic carbocycles. The molecule has 1 fully saturated rings. The number of rotatable bonds is 4. The van der Waals surface area contributed by atoms with Crippen molar-refractivity contribution in [3.05, 3.63) is 65.6 Å². The maximum atomic E-state index is 13.0. The summed E-state index contributed by atoms with van der Waals surface area (Å²) in [4.78, 5) is 31.3. The number of urea groups is 1. The minimum absolute atomic E-state index is 0.122. The minimum atomic E-state index is -1.11. The molecule has 1 N–H and O–H groups in total. The van der Waals surface area contributed by atoms with E-state index in [0.29, 0.717) is 17.0 Å². The van der Waals surface area contributed by atoms with E-state index in [-0.39, 0.29) is 12.5 Å². The number of imidazole rings is 1. The van der Waals surface area contributed by atoms with Gasteiger partial charge in [0.15, 0.2) is 0 Å². The molecule has 1 aromatic carbocycles. The third kappa shape index (κ3) is 2.81. The average molecular weight is 364 g/mol. The Morgan fingerprint density at radius 1 is 1.11 bits per heavy atom. The predicted octanol–water partition coefficient (Wildman–Crippen LogP) is 2.62. The molecular formula is C20H20N4O3. The summed E-state index contributed by atoms with van der Waals surface area (Å²) in [5.41, 5.74) is 2.13. The summed E-state index contributed by atoms with van der Waals surface area (Å²) in [6.07, 6.45) is 3.80. The van der Waals surface area contributed by atoms with Gasteiger partial charge in [0, 0.05) is 12.4 Å². The van der Waals surface area contributed by atoms with Crippen molar-refractivity contribution in [3.8, 4) is 5.75 Å². The average Bonchev–Trinajstić information content (AvgIpc) is 3.15. The van der Waals surface area contributed by atoms with Crippen LogP contribution in [-0.2, 0) is 16.9 Å². The Labute approximate surface area is 156 Å². The SMILES string of the molecule is COc1ccc(C2(C)NC(=O)N(Cc3cn4cc(C)ccc4n3)C2=O)cc1. The van der Waals surface area contributed by atoms with E-state index in [4.69, 9.17) is 4.74 Å². The lowest BCUT2D eigenvalue weighted by Crippen LogP contribution is -2.40. The second-order valence-electron chi connectivity index (χ2n) is 6.88. The number of amides is 3. The topological polar surface area (TPSA) is 75.9 Å². The number of ether oxygens (including phenoxy) is 1. The summed E-state index contributed by atoms with van der Waals surface area (Å²) < 4.78 is 7.05. The van der Waals surface area contributed by atoms with Crippen molar-refractivity contribution in [2.45, 2.75) is 25.9 Å². The lowest BCUT2D eigenvalue weighted by atomic mass is 9.92. The van der Waals surface area contributed by atoms with Crippen LogP contribution in [0.3, 0.4) is 0 Å². The van der Waals surface area contributed by atoms with Gasteiger partial charge in [-0.3, -0.25) is 9.69 Å². The highest BCUT2D eigenvalue weighted by atomic mass is 16.5. The summed E-state index contributed by atoms with van der Waals surface area (Å²) in [5, 5.41) is 2.81. The van der Waals surface area contributed by atoms with Gasteiger partial charge in [-0.2, -0.15) is 0 Å². The van der Waals surface area contributed by atoms with Crippen LogP contribution in [0.15, 0.2) is 48.8 Å². The van der Waals surface area contributed by atoms with Crippen molar-refractivity contribution < 1.29 is 14.3 Å². The number of carbonyl (C=O) groups excluding carboxylic acids is 2. The van der Waals surface area contributed by atoms with Crippen LogP contribution in [0.2, 0.25) is 0 Å². The van der Waals surface area contributed by atoms with Crippen LogP contribution in [0.25, 0.3) is 5.65 Å². The Bertz CT molecular complexity index is 1040. The number of hydrogen-bond donors (Lipinski definition) is 1. The Balaban J connectivity index is 1.61. The molecule has 3 amide bonds. The highest BCUT2D eigenvalue weighted by molar-refractivity contribution is 6.07. The summed E-state index contributed by atoms with van der Waals surface area (Å²) in [6, 6.07) is 10.6. The van der Waals surface area contributed by atoms with E-state index in [2.05, 4.69) is 10.3 Å². The van der Waals surface area contributed by atoms with Gasteiger partial charge < -0.3 is 14.5 Å². The van der Waals surface area contributed by atoms with Crippen LogP contribution in [0, 0.1) is 6.92 Å². The number of fused-ring (bicyclic) bond motifs is 1. The summed E-state index contributed by atoms with van der Waals surface area (Å²) >= 11 is 0. The zero-order valence-corrected chi connectivity index (χ0v) is 15.4. The quantitative estimate of drug-likeness (QED) is 0.722. The molecule has 0 saturated carbocycles. The first-order valence-electron chi connectivity index (χ1n) is 8.63. The van der Waals surface area contributed by atoms with Crippen molar-refractivity contribution in [1.82, 2.24) is 19.6 Å². The Hall–Kier alpha value is -3.35. The van der Waals surface area contributed by atoms with Crippen molar-refractivity contribution in [2.75, 3.05) is 7.11 Å². The fourth-order valence-corrected chi connectivity index (χ4v) is 3.35. The summed E-state index contributed by atoms with van der Waals surface area (Å²) in [5.74, 6) is 0.391. The Morgan fingerprint density at radius 2 is 1.85 bits per heavy atom. The normalized spacial score (nSPS) is 19.6. The van der Waals surface area contributed by atoms with Crippen molar-refractivity contribution >= 4 is 17.6 Å². The molecule has 1 atom stereocenters. The summed E-state index contributed by atoms with van der Waals surface area (Å²) in [7, 11) is 1.58. The Morgan fingerprint density at radius 3 is 2.56 bits per heavy atom. The van der Waals surface area contributed by atoms with Gasteiger partial charge in [0.25, 0.3) is 5.91 Å². The van der Waals surface area contributed by atoms with E-state index in [1.807, 2.05) is 35.9 Å². The molecule has 7 nitrogen and oxygen atoms in total. The number of pyridine rings is 1. The first kappa shape index (κ1) is 17.1. The molecule has 3 aromatic rings. The maximum absolute atomic E-state index is 13.0. The van der Waals surface area contributed by atoms with Crippen LogP contribution >= 0.6 is 0 Å². The number of methoxy groups -OCH3 is 1. The standard InChI is InChI=1S/C20H20N4O3/c1-13-4-9-17-21-15(11-23(17)10-13)12-24-18(25)20(2,22-19(24)26)14-5-7-16(27-3)8-6-14/h4-11H,12H2,1-3H3,(H,22,26). The van der Waals surface area contributed by atoms with E-state index in [1.165, 1.54) is 4.90 Å². The summed E-state index contributed by atoms with van der Waals surface area (Å²) in [6.45, 7) is 3.83. The van der Waals surface area contributed by atoms with Crippen LogP contribution < -0.4 is 10.1 Å². The molecule has 2 aromatic heterocycles. The van der Waals surface area contributed by atoms with Gasteiger partial charge >= 0.3 is 6.03 Å². The third-order valence-corrected chi connectivity index (χ3v) is 4.91. The lowest BCUT2D eigenvalue weighted by Gasteiger charge is -2.22. The number of aromatic nitrogens is 2. The molecule has 4 rings (SSSR count). The van der Waals surface area contributed by atoms with E-state index >= 15 is 0 Å². The van der Waals surface area contributed by atoms with Crippen LogP contribution in [0.5, 0.6) is 5.75 Å². The maximum Gasteiger partial charge on any atom is 0.325 e. The fraction of sp³-hybridized carbons (Fsp3) is 0.250. The second kappa shape index (κ2) is 6.12. The second-order valence-corrected chi connectivity index (χ2v) is 6.88. The number of nitrogens with zero attached hydrogens (tertiary/aromatic N) is 3.